The van der Waals surface area contributed by atoms with Crippen molar-refractivity contribution in [1.82, 2.24) is 4.98 Å². The van der Waals surface area contributed by atoms with Gasteiger partial charge in [-0.05, 0) is 29.3 Å². The lowest BCUT2D eigenvalue weighted by Gasteiger charge is -2.17. The molecular formula is C16H17NO. The van der Waals surface area contributed by atoms with Crippen molar-refractivity contribution in [2.45, 2.75) is 20.8 Å². The molecule has 0 saturated carbocycles. The standard InChI is InChI=1S/C16H17NO/c1-16(2,3)15(18)14-6-4-5-13(11-14)12-7-9-17-10-8-12/h4-11H,1-3H3. The Labute approximate surface area is 108 Å². The van der Waals surface area contributed by atoms with E-state index in [9.17, 15) is 4.79 Å². The molecule has 0 atom stereocenters. The van der Waals surface area contributed by atoms with Crippen molar-refractivity contribution in [2.75, 3.05) is 0 Å². The largest absolute Gasteiger partial charge is 0.294 e. The first-order valence-electron chi connectivity index (χ1n) is 6.04. The zero-order chi connectivity index (χ0) is 13.2. The number of nitrogens with zero attached hydrogens (tertiary/aromatic N) is 1. The number of carbonyl (C=O) groups excluding carboxylic acids is 1. The Bertz CT molecular complexity index is 553. The van der Waals surface area contributed by atoms with Crippen LogP contribution in [-0.2, 0) is 0 Å². The van der Waals surface area contributed by atoms with Crippen molar-refractivity contribution >= 4 is 5.78 Å². The minimum atomic E-state index is -0.350. The van der Waals surface area contributed by atoms with Gasteiger partial charge in [-0.2, -0.15) is 0 Å². The topological polar surface area (TPSA) is 30.0 Å². The van der Waals surface area contributed by atoms with Crippen LogP contribution < -0.4 is 0 Å². The highest BCUT2D eigenvalue weighted by Crippen LogP contribution is 2.25. The first kappa shape index (κ1) is 12.5. The zero-order valence-corrected chi connectivity index (χ0v) is 11.0. The molecule has 0 radical (unpaired) electrons. The van der Waals surface area contributed by atoms with Gasteiger partial charge in [-0.15, -0.1) is 0 Å². The van der Waals surface area contributed by atoms with E-state index in [0.29, 0.717) is 0 Å². The maximum atomic E-state index is 12.2. The molecule has 0 aliphatic carbocycles. The van der Waals surface area contributed by atoms with Crippen LogP contribution in [0.25, 0.3) is 11.1 Å². The van der Waals surface area contributed by atoms with Crippen molar-refractivity contribution in [3.05, 3.63) is 54.4 Å². The normalized spacial score (nSPS) is 11.3. The first-order valence-corrected chi connectivity index (χ1v) is 6.04. The van der Waals surface area contributed by atoms with Crippen LogP contribution in [0.4, 0.5) is 0 Å². The van der Waals surface area contributed by atoms with Gasteiger partial charge in [-0.25, -0.2) is 0 Å². The number of pyridine rings is 1. The van der Waals surface area contributed by atoms with E-state index in [2.05, 4.69) is 4.98 Å². The molecule has 92 valence electrons. The van der Waals surface area contributed by atoms with Gasteiger partial charge < -0.3 is 0 Å². The smallest absolute Gasteiger partial charge is 0.168 e. The zero-order valence-electron chi connectivity index (χ0n) is 11.0. The molecule has 1 aromatic heterocycles. The van der Waals surface area contributed by atoms with E-state index in [1.165, 1.54) is 0 Å². The van der Waals surface area contributed by atoms with Gasteiger partial charge in [0.15, 0.2) is 5.78 Å². The molecule has 2 rings (SSSR count). The molecular weight excluding hydrogens is 222 g/mol. The van der Waals surface area contributed by atoms with Crippen molar-refractivity contribution in [3.63, 3.8) is 0 Å². The van der Waals surface area contributed by atoms with Crippen molar-refractivity contribution in [3.8, 4) is 11.1 Å². The van der Waals surface area contributed by atoms with E-state index < -0.39 is 0 Å². The summed E-state index contributed by atoms with van der Waals surface area (Å²) >= 11 is 0. The number of carbonyl (C=O) groups is 1. The fourth-order valence-corrected chi connectivity index (χ4v) is 1.82. The number of hydrogen-bond acceptors (Lipinski definition) is 2. The third kappa shape index (κ3) is 2.65. The summed E-state index contributed by atoms with van der Waals surface area (Å²) in [6.07, 6.45) is 3.52. The van der Waals surface area contributed by atoms with Crippen LogP contribution in [0.3, 0.4) is 0 Å². The van der Waals surface area contributed by atoms with E-state index in [-0.39, 0.29) is 11.2 Å². The molecule has 2 aromatic rings. The highest BCUT2D eigenvalue weighted by atomic mass is 16.1. The summed E-state index contributed by atoms with van der Waals surface area (Å²) in [4.78, 5) is 16.2. The summed E-state index contributed by atoms with van der Waals surface area (Å²) < 4.78 is 0. The lowest BCUT2D eigenvalue weighted by atomic mass is 9.86. The Hall–Kier alpha value is -1.96. The second-order valence-corrected chi connectivity index (χ2v) is 5.40. The molecule has 0 unspecified atom stereocenters. The van der Waals surface area contributed by atoms with E-state index >= 15 is 0 Å². The number of aromatic nitrogens is 1. The monoisotopic (exact) mass is 239 g/mol. The predicted octanol–water partition coefficient (Wildman–Crippen LogP) is 3.98. The predicted molar refractivity (Wildman–Crippen MR) is 73.5 cm³/mol. The number of Topliss-reactive ketones (excluding diaryl/α,β-unsaturated/α-hetero) is 1. The molecule has 0 bridgehead atoms. The summed E-state index contributed by atoms with van der Waals surface area (Å²) in [7, 11) is 0. The molecule has 18 heavy (non-hydrogen) atoms. The number of rotatable bonds is 2. The fraction of sp³-hybridized carbons (Fsp3) is 0.250. The van der Waals surface area contributed by atoms with Gasteiger partial charge >= 0.3 is 0 Å². The molecule has 2 nitrogen and oxygen atoms in total. The lowest BCUT2D eigenvalue weighted by Crippen LogP contribution is -2.20. The third-order valence-electron chi connectivity index (χ3n) is 2.82. The molecule has 0 fully saturated rings. The Morgan fingerprint density at radius 1 is 1.00 bits per heavy atom. The van der Waals surface area contributed by atoms with Crippen molar-refractivity contribution in [1.29, 1.82) is 0 Å². The highest BCUT2D eigenvalue weighted by molar-refractivity contribution is 6.00. The SMILES string of the molecule is CC(C)(C)C(=O)c1cccc(-c2ccncc2)c1. The first-order chi connectivity index (χ1) is 8.48. The molecule has 1 aromatic carbocycles. The van der Waals surface area contributed by atoms with Gasteiger partial charge in [0.1, 0.15) is 0 Å². The van der Waals surface area contributed by atoms with Crippen LogP contribution in [0.15, 0.2) is 48.8 Å². The van der Waals surface area contributed by atoms with E-state index in [1.807, 2.05) is 57.2 Å². The minimum Gasteiger partial charge on any atom is -0.294 e. The van der Waals surface area contributed by atoms with E-state index in [1.54, 1.807) is 12.4 Å². The Balaban J connectivity index is 2.41. The van der Waals surface area contributed by atoms with Crippen molar-refractivity contribution < 1.29 is 4.79 Å². The molecule has 0 N–H and O–H groups in total. The average Bonchev–Trinajstić information content (AvgIpc) is 2.38. The van der Waals surface area contributed by atoms with Gasteiger partial charge in [0, 0.05) is 23.4 Å². The summed E-state index contributed by atoms with van der Waals surface area (Å²) in [5.74, 6) is 0.165. The van der Waals surface area contributed by atoms with Crippen molar-refractivity contribution in [2.24, 2.45) is 5.41 Å². The quantitative estimate of drug-likeness (QED) is 0.742. The molecule has 0 spiro atoms. The molecule has 0 aliphatic rings. The number of ketones is 1. The molecule has 0 aliphatic heterocycles. The highest BCUT2D eigenvalue weighted by Gasteiger charge is 2.22. The summed E-state index contributed by atoms with van der Waals surface area (Å²) in [6.45, 7) is 5.82. The number of hydrogen-bond donors (Lipinski definition) is 0. The van der Waals surface area contributed by atoms with Crippen LogP contribution in [0.5, 0.6) is 0 Å². The maximum absolute atomic E-state index is 12.2. The minimum absolute atomic E-state index is 0.165. The second-order valence-electron chi connectivity index (χ2n) is 5.40. The second kappa shape index (κ2) is 4.73. The lowest BCUT2D eigenvalue weighted by molar-refractivity contribution is 0.0858. The molecule has 1 heterocycles. The Morgan fingerprint density at radius 2 is 1.67 bits per heavy atom. The Morgan fingerprint density at radius 3 is 2.28 bits per heavy atom. The molecule has 0 amide bonds. The molecule has 0 saturated heterocycles. The van der Waals surface area contributed by atoms with Gasteiger partial charge in [-0.1, -0.05) is 39.0 Å². The van der Waals surface area contributed by atoms with E-state index in [0.717, 1.165) is 16.7 Å². The van der Waals surface area contributed by atoms with Crippen LogP contribution >= 0.6 is 0 Å². The van der Waals surface area contributed by atoms with Crippen LogP contribution in [0.1, 0.15) is 31.1 Å². The Kier molecular flexibility index (Phi) is 3.28. The maximum Gasteiger partial charge on any atom is 0.168 e. The van der Waals surface area contributed by atoms with Gasteiger partial charge in [0.05, 0.1) is 0 Å². The fourth-order valence-electron chi connectivity index (χ4n) is 1.82. The van der Waals surface area contributed by atoms with Crippen LogP contribution in [0, 0.1) is 5.41 Å². The van der Waals surface area contributed by atoms with E-state index in [4.69, 9.17) is 0 Å². The van der Waals surface area contributed by atoms with Crippen LogP contribution in [0.2, 0.25) is 0 Å². The summed E-state index contributed by atoms with van der Waals surface area (Å²) in [5, 5.41) is 0. The third-order valence-corrected chi connectivity index (χ3v) is 2.82. The van der Waals surface area contributed by atoms with Crippen LogP contribution in [-0.4, -0.2) is 10.8 Å². The summed E-state index contributed by atoms with van der Waals surface area (Å²) in [5.41, 5.74) is 2.54. The summed E-state index contributed by atoms with van der Waals surface area (Å²) in [6, 6.07) is 11.6. The van der Waals surface area contributed by atoms with Gasteiger partial charge in [0.25, 0.3) is 0 Å². The number of benzene rings is 1. The van der Waals surface area contributed by atoms with Gasteiger partial charge in [0.2, 0.25) is 0 Å². The molecule has 2 heteroatoms. The average molecular weight is 239 g/mol. The van der Waals surface area contributed by atoms with Gasteiger partial charge in [-0.3, -0.25) is 9.78 Å².